The van der Waals surface area contributed by atoms with E-state index < -0.39 is 11.9 Å². The zero-order valence-electron chi connectivity index (χ0n) is 16.9. The first kappa shape index (κ1) is 20.5. The van der Waals surface area contributed by atoms with Crippen molar-refractivity contribution in [3.63, 3.8) is 0 Å². The van der Waals surface area contributed by atoms with Gasteiger partial charge in [0.15, 0.2) is 16.8 Å². The summed E-state index contributed by atoms with van der Waals surface area (Å²) >= 11 is 1.44. The molecule has 4 rings (SSSR count). The molecular weight excluding hydrogens is 405 g/mol. The van der Waals surface area contributed by atoms with Gasteiger partial charge in [-0.2, -0.15) is 0 Å². The summed E-state index contributed by atoms with van der Waals surface area (Å²) in [4.78, 5) is 25.0. The zero-order chi connectivity index (χ0) is 21.3. The number of pyridine rings is 1. The van der Waals surface area contributed by atoms with E-state index in [9.17, 15) is 14.3 Å². The van der Waals surface area contributed by atoms with Crippen LogP contribution in [-0.2, 0) is 0 Å². The molecule has 3 aromatic rings. The molecule has 2 atom stereocenters. The number of thiazole rings is 1. The predicted molar refractivity (Wildman–Crippen MR) is 116 cm³/mol. The van der Waals surface area contributed by atoms with Crippen molar-refractivity contribution in [1.82, 2.24) is 14.9 Å². The molecule has 0 radical (unpaired) electrons. The molecule has 0 saturated carbocycles. The van der Waals surface area contributed by atoms with Crippen molar-refractivity contribution in [2.75, 3.05) is 29.9 Å². The molecule has 9 heteroatoms. The Hall–Kier alpha value is -2.78. The first-order valence-corrected chi connectivity index (χ1v) is 10.8. The number of nitrogens with zero attached hydrogens (tertiary/aromatic N) is 4. The van der Waals surface area contributed by atoms with E-state index in [1.807, 2.05) is 43.0 Å². The number of anilines is 2. The van der Waals surface area contributed by atoms with Crippen LogP contribution in [0.4, 0.5) is 20.1 Å². The van der Waals surface area contributed by atoms with Crippen molar-refractivity contribution >= 4 is 38.5 Å². The van der Waals surface area contributed by atoms with E-state index in [2.05, 4.69) is 15.3 Å². The molecule has 1 saturated heterocycles. The zero-order valence-corrected chi connectivity index (χ0v) is 17.7. The van der Waals surface area contributed by atoms with Gasteiger partial charge in [0.25, 0.3) is 0 Å². The summed E-state index contributed by atoms with van der Waals surface area (Å²) in [5, 5.41) is 13.3. The van der Waals surface area contributed by atoms with Gasteiger partial charge in [-0.05, 0) is 31.5 Å². The van der Waals surface area contributed by atoms with E-state index in [1.165, 1.54) is 23.6 Å². The highest BCUT2D eigenvalue weighted by Gasteiger charge is 2.29. The average Bonchev–Trinajstić information content (AvgIpc) is 3.15. The van der Waals surface area contributed by atoms with Gasteiger partial charge in [0, 0.05) is 37.4 Å². The number of aromatic nitrogens is 2. The lowest BCUT2D eigenvalue weighted by atomic mass is 10.1. The third-order valence-electron chi connectivity index (χ3n) is 5.31. The topological polar surface area (TPSA) is 81.6 Å². The molecule has 2 amide bonds. The minimum Gasteiger partial charge on any atom is -0.388 e. The number of hydrogen-bond donors (Lipinski definition) is 2. The number of para-hydroxylation sites is 1. The van der Waals surface area contributed by atoms with Crippen molar-refractivity contribution in [3.05, 3.63) is 47.9 Å². The molecule has 0 aliphatic carbocycles. The third kappa shape index (κ3) is 4.08. The summed E-state index contributed by atoms with van der Waals surface area (Å²) in [5.41, 5.74) is 1.33. The van der Waals surface area contributed by atoms with Crippen molar-refractivity contribution in [3.8, 4) is 0 Å². The Morgan fingerprint density at radius 2 is 2.20 bits per heavy atom. The van der Waals surface area contributed by atoms with Crippen LogP contribution in [0.2, 0.25) is 0 Å². The number of halogens is 1. The quantitative estimate of drug-likeness (QED) is 0.655. The number of aliphatic hydroxyl groups excluding tert-OH is 1. The Morgan fingerprint density at radius 1 is 1.40 bits per heavy atom. The fraction of sp³-hybridized carbons (Fsp3) is 0.381. The Kier molecular flexibility index (Phi) is 5.83. The van der Waals surface area contributed by atoms with Gasteiger partial charge < -0.3 is 14.9 Å². The fourth-order valence-electron chi connectivity index (χ4n) is 3.63. The highest BCUT2D eigenvalue weighted by molar-refractivity contribution is 7.22. The highest BCUT2D eigenvalue weighted by atomic mass is 32.1. The molecule has 3 heterocycles. The molecule has 0 unspecified atom stereocenters. The van der Waals surface area contributed by atoms with Gasteiger partial charge in [0.2, 0.25) is 0 Å². The number of carbonyl (C=O) groups excluding carboxylic acids is 1. The number of nitrogens with one attached hydrogen (secondary N) is 1. The number of urea groups is 1. The summed E-state index contributed by atoms with van der Waals surface area (Å²) in [6, 6.07) is 8.76. The normalized spacial score (nSPS) is 17.9. The summed E-state index contributed by atoms with van der Waals surface area (Å²) in [6.45, 7) is 5.12. The van der Waals surface area contributed by atoms with Gasteiger partial charge in [-0.1, -0.05) is 30.4 Å². The second kappa shape index (κ2) is 8.53. The number of rotatable bonds is 4. The second-order valence-corrected chi connectivity index (χ2v) is 8.43. The number of fused-ring (bicyclic) bond motifs is 1. The molecular formula is C21H24FN5O2S. The van der Waals surface area contributed by atoms with Gasteiger partial charge in [-0.3, -0.25) is 5.32 Å². The van der Waals surface area contributed by atoms with E-state index in [0.29, 0.717) is 36.8 Å². The van der Waals surface area contributed by atoms with Crippen LogP contribution in [0.25, 0.3) is 10.2 Å². The summed E-state index contributed by atoms with van der Waals surface area (Å²) in [7, 11) is 0. The summed E-state index contributed by atoms with van der Waals surface area (Å²) in [5.74, 6) is -0.208. The number of piperazine rings is 1. The van der Waals surface area contributed by atoms with Crippen LogP contribution in [0, 0.1) is 5.82 Å². The third-order valence-corrected chi connectivity index (χ3v) is 6.26. The Balaban J connectivity index is 1.41. The van der Waals surface area contributed by atoms with Crippen LogP contribution >= 0.6 is 11.3 Å². The van der Waals surface area contributed by atoms with Crippen LogP contribution in [0.15, 0.2) is 36.5 Å². The average molecular weight is 430 g/mol. The molecule has 1 aliphatic heterocycles. The van der Waals surface area contributed by atoms with E-state index in [-0.39, 0.29) is 17.9 Å². The summed E-state index contributed by atoms with van der Waals surface area (Å²) < 4.78 is 15.7. The Bertz CT molecular complexity index is 1030. The Morgan fingerprint density at radius 3 is 2.90 bits per heavy atom. The van der Waals surface area contributed by atoms with Crippen molar-refractivity contribution in [1.29, 1.82) is 0 Å². The lowest BCUT2D eigenvalue weighted by Gasteiger charge is -2.40. The standard InChI is InChI=1S/C21H24FN5O2S/c1-3-17(28)14-10-15(22)19(23-11-14)27-9-8-26(12-13(27)2)21(29)25-20-24-16-6-4-5-7-18(16)30-20/h4-7,10-11,13,17,28H,3,8-9,12H2,1-2H3,(H,24,25,29)/t13-,17-/m0/s1. The van der Waals surface area contributed by atoms with Gasteiger partial charge in [-0.25, -0.2) is 19.2 Å². The molecule has 1 aliphatic rings. The molecule has 1 fully saturated rings. The largest absolute Gasteiger partial charge is 0.388 e. The smallest absolute Gasteiger partial charge is 0.323 e. The van der Waals surface area contributed by atoms with E-state index in [0.717, 1.165) is 10.2 Å². The van der Waals surface area contributed by atoms with Gasteiger partial charge in [-0.15, -0.1) is 0 Å². The lowest BCUT2D eigenvalue weighted by molar-refractivity contribution is 0.172. The molecule has 7 nitrogen and oxygen atoms in total. The van der Waals surface area contributed by atoms with Crippen LogP contribution in [0.3, 0.4) is 0 Å². The molecule has 0 spiro atoms. The minimum atomic E-state index is -0.721. The fourth-order valence-corrected chi connectivity index (χ4v) is 4.48. The number of hydrogen-bond acceptors (Lipinski definition) is 6. The maximum absolute atomic E-state index is 14.6. The lowest BCUT2D eigenvalue weighted by Crippen LogP contribution is -2.55. The number of aliphatic hydroxyl groups is 1. The van der Waals surface area contributed by atoms with Crippen LogP contribution in [-0.4, -0.2) is 51.7 Å². The number of carbonyl (C=O) groups is 1. The maximum atomic E-state index is 14.6. The monoisotopic (exact) mass is 429 g/mol. The molecule has 0 bridgehead atoms. The minimum absolute atomic E-state index is 0.108. The second-order valence-electron chi connectivity index (χ2n) is 7.40. The number of benzene rings is 1. The molecule has 2 aromatic heterocycles. The van der Waals surface area contributed by atoms with E-state index in [1.54, 1.807) is 4.90 Å². The molecule has 30 heavy (non-hydrogen) atoms. The van der Waals surface area contributed by atoms with Crippen LogP contribution < -0.4 is 10.2 Å². The van der Waals surface area contributed by atoms with Crippen molar-refractivity contribution in [2.45, 2.75) is 32.4 Å². The predicted octanol–water partition coefficient (Wildman–Crippen LogP) is 4.02. The Labute approximate surface area is 178 Å². The molecule has 158 valence electrons. The SMILES string of the molecule is CC[C@H](O)c1cnc(N2CCN(C(=O)Nc3nc4ccccc4s3)C[C@@H]2C)c(F)c1. The van der Waals surface area contributed by atoms with Crippen molar-refractivity contribution in [2.24, 2.45) is 0 Å². The van der Waals surface area contributed by atoms with Gasteiger partial charge in [0.1, 0.15) is 0 Å². The first-order valence-electron chi connectivity index (χ1n) is 9.98. The van der Waals surface area contributed by atoms with Crippen LogP contribution in [0.1, 0.15) is 31.9 Å². The van der Waals surface area contributed by atoms with Crippen molar-refractivity contribution < 1.29 is 14.3 Å². The van der Waals surface area contributed by atoms with Crippen LogP contribution in [0.5, 0.6) is 0 Å². The highest BCUT2D eigenvalue weighted by Crippen LogP contribution is 2.27. The maximum Gasteiger partial charge on any atom is 0.323 e. The molecule has 1 aromatic carbocycles. The van der Waals surface area contributed by atoms with Gasteiger partial charge >= 0.3 is 6.03 Å². The van der Waals surface area contributed by atoms with Gasteiger partial charge in [0.05, 0.1) is 16.3 Å². The summed E-state index contributed by atoms with van der Waals surface area (Å²) in [6.07, 6.45) is 1.30. The molecule has 2 N–H and O–H groups in total. The van der Waals surface area contributed by atoms with E-state index in [4.69, 9.17) is 0 Å². The number of amides is 2. The first-order chi connectivity index (χ1) is 14.5. The van der Waals surface area contributed by atoms with E-state index >= 15 is 0 Å².